The zero-order chi connectivity index (χ0) is 21.0. The third-order valence-corrected chi connectivity index (χ3v) is 4.56. The molecule has 1 saturated heterocycles. The second-order valence-corrected chi connectivity index (χ2v) is 6.52. The molecule has 0 atom stereocenters. The smallest absolute Gasteiger partial charge is 0.271 e. The summed E-state index contributed by atoms with van der Waals surface area (Å²) in [6, 6.07) is 2.87. The molecule has 0 saturated carbocycles. The molecule has 1 aromatic carbocycles. The summed E-state index contributed by atoms with van der Waals surface area (Å²) in [7, 11) is 0. The molecule has 2 heterocycles. The van der Waals surface area contributed by atoms with Gasteiger partial charge in [0, 0.05) is 42.9 Å². The number of aromatic nitrogens is 2. The normalized spacial score (nSPS) is 13.9. The number of amides is 1. The van der Waals surface area contributed by atoms with Crippen LogP contribution in [0.2, 0.25) is 0 Å². The van der Waals surface area contributed by atoms with E-state index >= 15 is 0 Å². The van der Waals surface area contributed by atoms with Crippen molar-refractivity contribution in [2.45, 2.75) is 19.8 Å². The number of morpholine rings is 1. The Balaban J connectivity index is 1.66. The number of carbonyl (C=O) groups is 1. The highest BCUT2D eigenvalue weighted by atomic mass is 19.1. The van der Waals surface area contributed by atoms with Gasteiger partial charge in [-0.1, -0.05) is 0 Å². The van der Waals surface area contributed by atoms with Gasteiger partial charge in [0.15, 0.2) is 0 Å². The summed E-state index contributed by atoms with van der Waals surface area (Å²) in [4.78, 5) is 43.7. The van der Waals surface area contributed by atoms with E-state index in [2.05, 4.69) is 15.3 Å². The fraction of sp³-hybridized carbons (Fsp3) is 0.389. The Morgan fingerprint density at radius 1 is 1.41 bits per heavy atom. The SMILES string of the molecule is Cc1nc(N2CCOCC2)[nH]c(=O)c1CCC(=O)Nc1cc([N+](=O)[O-])ccc1F. The van der Waals surface area contributed by atoms with E-state index < -0.39 is 16.6 Å². The first-order valence-corrected chi connectivity index (χ1v) is 9.01. The van der Waals surface area contributed by atoms with Gasteiger partial charge in [-0.3, -0.25) is 24.7 Å². The number of halogens is 1. The van der Waals surface area contributed by atoms with Gasteiger partial charge in [0.1, 0.15) is 5.82 Å². The van der Waals surface area contributed by atoms with E-state index in [1.54, 1.807) is 6.92 Å². The average molecular weight is 405 g/mol. The monoisotopic (exact) mass is 405 g/mol. The van der Waals surface area contributed by atoms with Crippen molar-refractivity contribution in [1.29, 1.82) is 0 Å². The van der Waals surface area contributed by atoms with Crippen LogP contribution in [0.25, 0.3) is 0 Å². The Morgan fingerprint density at radius 2 is 2.14 bits per heavy atom. The summed E-state index contributed by atoms with van der Waals surface area (Å²) in [6.45, 7) is 4.04. The van der Waals surface area contributed by atoms with Gasteiger partial charge in [-0.2, -0.15) is 0 Å². The summed E-state index contributed by atoms with van der Waals surface area (Å²) in [5, 5.41) is 13.1. The number of nitro benzene ring substituents is 1. The minimum Gasteiger partial charge on any atom is -0.378 e. The summed E-state index contributed by atoms with van der Waals surface area (Å²) in [5.74, 6) is -0.891. The zero-order valence-electron chi connectivity index (χ0n) is 15.7. The Bertz CT molecular complexity index is 987. The Kier molecular flexibility index (Phi) is 6.17. The maximum Gasteiger partial charge on any atom is 0.271 e. The molecule has 3 rings (SSSR count). The van der Waals surface area contributed by atoms with E-state index in [9.17, 15) is 24.1 Å². The van der Waals surface area contributed by atoms with Crippen LogP contribution in [0.15, 0.2) is 23.0 Å². The number of ether oxygens (including phenoxy) is 1. The van der Waals surface area contributed by atoms with Crippen LogP contribution in [0.1, 0.15) is 17.7 Å². The lowest BCUT2D eigenvalue weighted by molar-refractivity contribution is -0.384. The molecule has 29 heavy (non-hydrogen) atoms. The number of rotatable bonds is 6. The van der Waals surface area contributed by atoms with Crippen LogP contribution in [0.4, 0.5) is 21.7 Å². The van der Waals surface area contributed by atoms with Gasteiger partial charge < -0.3 is 15.0 Å². The number of carbonyl (C=O) groups excluding carboxylic acids is 1. The van der Waals surface area contributed by atoms with E-state index in [1.165, 1.54) is 0 Å². The third-order valence-electron chi connectivity index (χ3n) is 4.56. The van der Waals surface area contributed by atoms with Crippen molar-refractivity contribution >= 4 is 23.2 Å². The number of nitro groups is 1. The molecule has 1 fully saturated rings. The standard InChI is InChI=1S/C18H20FN5O5/c1-11-13(17(26)22-18(20-11)23-6-8-29-9-7-23)3-5-16(25)21-15-10-12(24(27)28)2-4-14(15)19/h2,4,10H,3,5-9H2,1H3,(H,21,25)(H,20,22,26). The van der Waals surface area contributed by atoms with Gasteiger partial charge in [-0.25, -0.2) is 9.37 Å². The van der Waals surface area contributed by atoms with Gasteiger partial charge in [0.25, 0.3) is 11.2 Å². The van der Waals surface area contributed by atoms with Crippen molar-refractivity contribution in [2.24, 2.45) is 0 Å². The van der Waals surface area contributed by atoms with Crippen LogP contribution in [-0.2, 0) is 16.0 Å². The molecule has 2 aromatic rings. The first-order valence-electron chi connectivity index (χ1n) is 9.01. The molecule has 1 amide bonds. The van der Waals surface area contributed by atoms with Gasteiger partial charge in [0.05, 0.1) is 23.8 Å². The van der Waals surface area contributed by atoms with Crippen molar-refractivity contribution < 1.29 is 18.8 Å². The molecule has 11 heteroatoms. The molecule has 0 unspecified atom stereocenters. The molecule has 0 radical (unpaired) electrons. The van der Waals surface area contributed by atoms with Gasteiger partial charge in [-0.05, 0) is 19.4 Å². The molecule has 0 bridgehead atoms. The Hall–Kier alpha value is -3.34. The number of benzene rings is 1. The Labute approximate surface area is 164 Å². The van der Waals surface area contributed by atoms with Crippen molar-refractivity contribution in [3.63, 3.8) is 0 Å². The predicted octanol–water partition coefficient (Wildman–Crippen LogP) is 1.53. The maximum atomic E-state index is 13.8. The fourth-order valence-electron chi connectivity index (χ4n) is 2.99. The summed E-state index contributed by atoms with van der Waals surface area (Å²) in [5.41, 5.74) is -0.0953. The van der Waals surface area contributed by atoms with Gasteiger partial charge in [-0.15, -0.1) is 0 Å². The van der Waals surface area contributed by atoms with Crippen LogP contribution in [0.3, 0.4) is 0 Å². The highest BCUT2D eigenvalue weighted by Crippen LogP contribution is 2.21. The number of nitrogens with one attached hydrogen (secondary N) is 2. The number of anilines is 2. The van der Waals surface area contributed by atoms with E-state index in [0.29, 0.717) is 43.5 Å². The highest BCUT2D eigenvalue weighted by molar-refractivity contribution is 5.91. The molecule has 154 valence electrons. The maximum absolute atomic E-state index is 13.8. The highest BCUT2D eigenvalue weighted by Gasteiger charge is 2.18. The molecule has 1 aliphatic rings. The minimum atomic E-state index is -0.783. The largest absolute Gasteiger partial charge is 0.378 e. The van der Waals surface area contributed by atoms with Crippen LogP contribution in [-0.4, -0.2) is 47.1 Å². The van der Waals surface area contributed by atoms with Crippen molar-refractivity contribution in [1.82, 2.24) is 9.97 Å². The molecule has 0 aliphatic carbocycles. The first kappa shape index (κ1) is 20.4. The summed E-state index contributed by atoms with van der Waals surface area (Å²) in [6.07, 6.45) is -0.00936. The van der Waals surface area contributed by atoms with Crippen molar-refractivity contribution in [3.8, 4) is 0 Å². The van der Waals surface area contributed by atoms with E-state index in [4.69, 9.17) is 4.74 Å². The average Bonchev–Trinajstić information content (AvgIpc) is 2.69. The number of aromatic amines is 1. The van der Waals surface area contributed by atoms with Crippen LogP contribution >= 0.6 is 0 Å². The zero-order valence-corrected chi connectivity index (χ0v) is 15.7. The summed E-state index contributed by atoms with van der Waals surface area (Å²) < 4.78 is 19.1. The number of H-pyrrole nitrogens is 1. The van der Waals surface area contributed by atoms with Gasteiger partial charge >= 0.3 is 0 Å². The van der Waals surface area contributed by atoms with Crippen molar-refractivity contribution in [2.75, 3.05) is 36.5 Å². The van der Waals surface area contributed by atoms with Crippen LogP contribution in [0, 0.1) is 22.9 Å². The second kappa shape index (κ2) is 8.78. The lowest BCUT2D eigenvalue weighted by Crippen LogP contribution is -2.38. The number of aryl methyl sites for hydroxylation is 1. The molecule has 1 aromatic heterocycles. The molecule has 1 aliphatic heterocycles. The van der Waals surface area contributed by atoms with E-state index in [0.717, 1.165) is 18.2 Å². The molecular weight excluding hydrogens is 385 g/mol. The fourth-order valence-corrected chi connectivity index (χ4v) is 2.99. The first-order chi connectivity index (χ1) is 13.8. The lowest BCUT2D eigenvalue weighted by Gasteiger charge is -2.27. The third kappa shape index (κ3) is 4.93. The van der Waals surface area contributed by atoms with Crippen LogP contribution in [0.5, 0.6) is 0 Å². The van der Waals surface area contributed by atoms with Gasteiger partial charge in [0.2, 0.25) is 11.9 Å². The van der Waals surface area contributed by atoms with Crippen molar-refractivity contribution in [3.05, 3.63) is 55.7 Å². The molecule has 0 spiro atoms. The second-order valence-electron chi connectivity index (χ2n) is 6.52. The minimum absolute atomic E-state index is 0.0972. The van der Waals surface area contributed by atoms with E-state index in [-0.39, 0.29) is 29.8 Å². The van der Waals surface area contributed by atoms with E-state index in [1.807, 2.05) is 4.90 Å². The van der Waals surface area contributed by atoms with Crippen LogP contribution < -0.4 is 15.8 Å². The number of non-ortho nitro benzene ring substituents is 1. The predicted molar refractivity (Wildman–Crippen MR) is 103 cm³/mol. The number of hydrogen-bond donors (Lipinski definition) is 2. The molecular formula is C18H20FN5O5. The quantitative estimate of drug-likeness (QED) is 0.550. The lowest BCUT2D eigenvalue weighted by atomic mass is 10.1. The molecule has 10 nitrogen and oxygen atoms in total. The number of hydrogen-bond acceptors (Lipinski definition) is 7. The Morgan fingerprint density at radius 3 is 2.79 bits per heavy atom. The number of nitrogens with zero attached hydrogens (tertiary/aromatic N) is 3. The topological polar surface area (TPSA) is 130 Å². The summed E-state index contributed by atoms with van der Waals surface area (Å²) >= 11 is 0. The molecule has 2 N–H and O–H groups in total.